The number of fused-ring (bicyclic) bond motifs is 3. The van der Waals surface area contributed by atoms with Gasteiger partial charge in [0.05, 0.1) is 36.1 Å². The van der Waals surface area contributed by atoms with Gasteiger partial charge in [0.25, 0.3) is 0 Å². The van der Waals surface area contributed by atoms with Crippen molar-refractivity contribution in [1.82, 2.24) is 9.80 Å². The van der Waals surface area contributed by atoms with Crippen LogP contribution < -0.4 is 0 Å². The fourth-order valence-corrected chi connectivity index (χ4v) is 3.47. The van der Waals surface area contributed by atoms with Gasteiger partial charge in [-0.1, -0.05) is 0 Å². The van der Waals surface area contributed by atoms with E-state index < -0.39 is 29.9 Å². The minimum absolute atomic E-state index is 0.201. The van der Waals surface area contributed by atoms with Crippen molar-refractivity contribution in [2.24, 2.45) is 11.8 Å². The number of carbonyl (C=O) groups is 3. The first kappa shape index (κ1) is 14.3. The van der Waals surface area contributed by atoms with Gasteiger partial charge in [-0.3, -0.25) is 14.5 Å². The molecule has 114 valence electrons. The molecule has 3 heterocycles. The van der Waals surface area contributed by atoms with Crippen molar-refractivity contribution in [2.45, 2.75) is 19.0 Å². The van der Waals surface area contributed by atoms with E-state index in [1.807, 2.05) is 6.07 Å². The van der Waals surface area contributed by atoms with E-state index in [2.05, 4.69) is 0 Å². The summed E-state index contributed by atoms with van der Waals surface area (Å²) in [6, 6.07) is 0.723. The molecule has 0 aromatic rings. The molecule has 7 nitrogen and oxygen atoms in total. The molecular weight excluding hydrogens is 286 g/mol. The number of nitriles is 1. The van der Waals surface area contributed by atoms with E-state index in [1.165, 1.54) is 7.05 Å². The maximum Gasteiger partial charge on any atom is 0.329 e. The Bertz CT molecular complexity index is 660. The normalized spacial score (nSPS) is 32.5. The molecule has 22 heavy (non-hydrogen) atoms. The summed E-state index contributed by atoms with van der Waals surface area (Å²) in [6.07, 6.45) is 4.81. The summed E-state index contributed by atoms with van der Waals surface area (Å²) in [7, 11) is 1.42. The second kappa shape index (κ2) is 4.98. The van der Waals surface area contributed by atoms with Crippen molar-refractivity contribution >= 4 is 17.8 Å². The number of hydrogen-bond donors (Lipinski definition) is 0. The van der Waals surface area contributed by atoms with Crippen molar-refractivity contribution in [3.63, 3.8) is 0 Å². The SMILES string of the molecule is CCOC(=O)[C@H]1C2C(=O)N(C)C(=O)C2[C@@H]2C=C(C#N)C=CN21. The van der Waals surface area contributed by atoms with Gasteiger partial charge in [0, 0.05) is 13.2 Å². The standard InChI is InChI=1S/C15H15N3O4/c1-3-22-15(21)12-11-10(13(19)17(2)14(11)20)9-6-8(7-16)4-5-18(9)12/h4-6,9-12H,3H2,1-2H3/t9-,10?,11?,12+/m0/s1. The average Bonchev–Trinajstić information content (AvgIpc) is 2.96. The molecule has 3 aliphatic heterocycles. The minimum atomic E-state index is -0.830. The minimum Gasteiger partial charge on any atom is -0.464 e. The van der Waals surface area contributed by atoms with E-state index in [9.17, 15) is 14.4 Å². The maximum atomic E-state index is 12.4. The molecule has 0 spiro atoms. The van der Waals surface area contributed by atoms with Gasteiger partial charge in [0.2, 0.25) is 11.8 Å². The monoisotopic (exact) mass is 301 g/mol. The topological polar surface area (TPSA) is 90.7 Å². The Morgan fingerprint density at radius 2 is 2.05 bits per heavy atom. The molecule has 4 atom stereocenters. The molecule has 2 fully saturated rings. The first-order valence-electron chi connectivity index (χ1n) is 7.06. The highest BCUT2D eigenvalue weighted by atomic mass is 16.5. The molecule has 0 N–H and O–H groups in total. The van der Waals surface area contributed by atoms with E-state index >= 15 is 0 Å². The Hall–Kier alpha value is -2.62. The summed E-state index contributed by atoms with van der Waals surface area (Å²) in [5.41, 5.74) is 0.416. The Morgan fingerprint density at radius 1 is 1.36 bits per heavy atom. The molecule has 0 aromatic carbocycles. The number of amides is 2. The molecule has 2 amide bonds. The molecule has 7 heteroatoms. The number of allylic oxidation sites excluding steroid dienone is 2. The van der Waals surface area contributed by atoms with Gasteiger partial charge in [-0.25, -0.2) is 4.79 Å². The molecule has 0 saturated carbocycles. The summed E-state index contributed by atoms with van der Waals surface area (Å²) in [4.78, 5) is 39.8. The van der Waals surface area contributed by atoms with Gasteiger partial charge in [-0.15, -0.1) is 0 Å². The van der Waals surface area contributed by atoms with Crippen molar-refractivity contribution < 1.29 is 19.1 Å². The number of imide groups is 1. The molecule has 0 aromatic heterocycles. The quantitative estimate of drug-likeness (QED) is 0.519. The van der Waals surface area contributed by atoms with Crippen LogP contribution >= 0.6 is 0 Å². The second-order valence-electron chi connectivity index (χ2n) is 5.47. The number of ether oxygens (including phenoxy) is 1. The van der Waals surface area contributed by atoms with E-state index in [0.717, 1.165) is 4.90 Å². The summed E-state index contributed by atoms with van der Waals surface area (Å²) < 4.78 is 5.07. The summed E-state index contributed by atoms with van der Waals surface area (Å²) in [5, 5.41) is 9.04. The van der Waals surface area contributed by atoms with Crippen LogP contribution in [0.1, 0.15) is 6.92 Å². The average molecular weight is 301 g/mol. The van der Waals surface area contributed by atoms with E-state index in [-0.39, 0.29) is 18.4 Å². The first-order valence-corrected chi connectivity index (χ1v) is 7.06. The third kappa shape index (κ3) is 1.77. The fourth-order valence-electron chi connectivity index (χ4n) is 3.47. The van der Waals surface area contributed by atoms with Crippen molar-refractivity contribution in [3.05, 3.63) is 23.9 Å². The highest BCUT2D eigenvalue weighted by molar-refractivity contribution is 6.08. The van der Waals surface area contributed by atoms with Crippen molar-refractivity contribution in [3.8, 4) is 6.07 Å². The Morgan fingerprint density at radius 3 is 2.68 bits per heavy atom. The van der Waals surface area contributed by atoms with Gasteiger partial charge in [0.1, 0.15) is 6.04 Å². The zero-order valence-corrected chi connectivity index (χ0v) is 12.2. The van der Waals surface area contributed by atoms with Gasteiger partial charge in [-0.05, 0) is 19.1 Å². The lowest BCUT2D eigenvalue weighted by Gasteiger charge is -2.31. The van der Waals surface area contributed by atoms with Gasteiger partial charge in [0.15, 0.2) is 0 Å². The number of esters is 1. The second-order valence-corrected chi connectivity index (χ2v) is 5.47. The van der Waals surface area contributed by atoms with E-state index in [1.54, 1.807) is 30.2 Å². The molecule has 0 bridgehead atoms. The molecule has 0 aliphatic carbocycles. The highest BCUT2D eigenvalue weighted by Gasteiger charge is 2.63. The van der Waals surface area contributed by atoms with Gasteiger partial charge < -0.3 is 9.64 Å². The molecule has 0 radical (unpaired) electrons. The summed E-state index contributed by atoms with van der Waals surface area (Å²) in [5.74, 6) is -2.63. The van der Waals surface area contributed by atoms with Crippen LogP contribution in [-0.2, 0) is 19.1 Å². The molecule has 3 aliphatic rings. The number of likely N-dealkylation sites (tertiary alicyclic amines) is 1. The predicted molar refractivity (Wildman–Crippen MR) is 73.6 cm³/mol. The number of nitrogens with zero attached hydrogens (tertiary/aromatic N) is 3. The predicted octanol–water partition coefficient (Wildman–Crippen LogP) is -0.189. The molecule has 2 unspecified atom stereocenters. The fraction of sp³-hybridized carbons (Fsp3) is 0.467. The van der Waals surface area contributed by atoms with Crippen molar-refractivity contribution in [1.29, 1.82) is 5.26 Å². The molecular formula is C15H15N3O4. The Labute approximate surface area is 127 Å². The Kier molecular flexibility index (Phi) is 3.24. The van der Waals surface area contributed by atoms with Gasteiger partial charge >= 0.3 is 5.97 Å². The number of rotatable bonds is 2. The summed E-state index contributed by atoms with van der Waals surface area (Å²) >= 11 is 0. The smallest absolute Gasteiger partial charge is 0.329 e. The third-order valence-corrected chi connectivity index (χ3v) is 4.43. The van der Waals surface area contributed by atoms with Crippen LogP contribution in [0, 0.1) is 23.2 Å². The maximum absolute atomic E-state index is 12.4. The Balaban J connectivity index is 2.06. The molecule has 3 rings (SSSR count). The van der Waals surface area contributed by atoms with E-state index in [4.69, 9.17) is 10.00 Å². The third-order valence-electron chi connectivity index (χ3n) is 4.43. The number of carbonyl (C=O) groups excluding carboxylic acids is 3. The summed E-state index contributed by atoms with van der Waals surface area (Å²) in [6.45, 7) is 1.89. The van der Waals surface area contributed by atoms with Crippen LogP contribution in [0.2, 0.25) is 0 Å². The lowest BCUT2D eigenvalue weighted by Crippen LogP contribution is -2.45. The number of hydrogen-bond acceptors (Lipinski definition) is 6. The van der Waals surface area contributed by atoms with Crippen LogP contribution in [0.4, 0.5) is 0 Å². The largest absolute Gasteiger partial charge is 0.464 e. The van der Waals surface area contributed by atoms with Crippen molar-refractivity contribution in [2.75, 3.05) is 13.7 Å². The van der Waals surface area contributed by atoms with Gasteiger partial charge in [-0.2, -0.15) is 5.26 Å². The molecule has 2 saturated heterocycles. The van der Waals surface area contributed by atoms with Crippen LogP contribution in [0.5, 0.6) is 0 Å². The zero-order chi connectivity index (χ0) is 16.0. The van der Waals surface area contributed by atoms with Crippen LogP contribution in [0.15, 0.2) is 23.9 Å². The highest BCUT2D eigenvalue weighted by Crippen LogP contribution is 2.44. The first-order chi connectivity index (χ1) is 10.5. The lowest BCUT2D eigenvalue weighted by atomic mass is 9.88. The van der Waals surface area contributed by atoms with E-state index in [0.29, 0.717) is 5.57 Å². The van der Waals surface area contributed by atoms with Crippen LogP contribution in [0.3, 0.4) is 0 Å². The van der Waals surface area contributed by atoms with Crippen LogP contribution in [-0.4, -0.2) is 53.3 Å². The van der Waals surface area contributed by atoms with Crippen LogP contribution in [0.25, 0.3) is 0 Å². The lowest BCUT2D eigenvalue weighted by molar-refractivity contribution is -0.152. The zero-order valence-electron chi connectivity index (χ0n) is 12.2.